The minimum atomic E-state index is -0.480. The Bertz CT molecular complexity index is 688. The van der Waals surface area contributed by atoms with Crippen molar-refractivity contribution in [2.24, 2.45) is 0 Å². The number of carbonyl (C=O) groups is 1. The summed E-state index contributed by atoms with van der Waals surface area (Å²) < 4.78 is 0. The van der Waals surface area contributed by atoms with Crippen molar-refractivity contribution in [2.75, 3.05) is 0 Å². The molecule has 0 aliphatic heterocycles. The highest BCUT2D eigenvalue weighted by molar-refractivity contribution is 6.19. The summed E-state index contributed by atoms with van der Waals surface area (Å²) >= 11 is 0. The second-order valence-corrected chi connectivity index (χ2v) is 3.77. The molecule has 2 aromatic rings. The van der Waals surface area contributed by atoms with E-state index in [0.717, 1.165) is 0 Å². The van der Waals surface area contributed by atoms with Gasteiger partial charge in [-0.3, -0.25) is 9.59 Å². The summed E-state index contributed by atoms with van der Waals surface area (Å²) in [4.78, 5) is 30.1. The average Bonchev–Trinajstić information content (AvgIpc) is 2.63. The number of hydrogen-bond acceptors (Lipinski definition) is 4. The topological polar surface area (TPSA) is 83.0 Å². The highest BCUT2D eigenvalue weighted by Crippen LogP contribution is 2.32. The molecule has 0 bridgehead atoms. The van der Waals surface area contributed by atoms with Gasteiger partial charge in [0.2, 0.25) is 5.78 Å². The molecule has 0 spiro atoms. The molecule has 0 radical (unpaired) electrons. The minimum Gasteiger partial charge on any atom is -0.390 e. The van der Waals surface area contributed by atoms with E-state index in [1.807, 2.05) is 0 Å². The first kappa shape index (κ1) is 9.92. The van der Waals surface area contributed by atoms with Crippen LogP contribution in [0.15, 0.2) is 29.1 Å². The molecule has 0 saturated carbocycles. The Balaban J connectivity index is 2.36. The van der Waals surface area contributed by atoms with Crippen LogP contribution in [0.4, 0.5) is 0 Å². The summed E-state index contributed by atoms with van der Waals surface area (Å²) in [5.74, 6) is -0.221. The Kier molecular flexibility index (Phi) is 1.96. The van der Waals surface area contributed by atoms with Crippen LogP contribution in [0.5, 0.6) is 0 Å². The number of H-pyrrole nitrogens is 1. The third-order valence-electron chi connectivity index (χ3n) is 2.79. The second kappa shape index (κ2) is 3.36. The number of nitrogens with one attached hydrogen (secondary N) is 1. The zero-order valence-electron chi connectivity index (χ0n) is 8.73. The monoisotopic (exact) mass is 228 g/mol. The molecule has 84 valence electrons. The van der Waals surface area contributed by atoms with Crippen molar-refractivity contribution in [1.82, 2.24) is 9.97 Å². The highest BCUT2D eigenvalue weighted by atomic mass is 16.3. The molecular weight excluding hydrogens is 220 g/mol. The number of hydrogen-bond donors (Lipinski definition) is 2. The predicted molar refractivity (Wildman–Crippen MR) is 59.6 cm³/mol. The molecule has 5 heteroatoms. The maximum Gasteiger partial charge on any atom is 0.272 e. The molecule has 1 aliphatic carbocycles. The van der Waals surface area contributed by atoms with Gasteiger partial charge in [0.1, 0.15) is 11.4 Å². The quantitative estimate of drug-likeness (QED) is 0.634. The van der Waals surface area contributed by atoms with Crippen LogP contribution >= 0.6 is 0 Å². The van der Waals surface area contributed by atoms with E-state index >= 15 is 0 Å². The zero-order valence-corrected chi connectivity index (χ0v) is 8.73. The summed E-state index contributed by atoms with van der Waals surface area (Å²) in [6, 6.07) is 7.00. The second-order valence-electron chi connectivity index (χ2n) is 3.77. The van der Waals surface area contributed by atoms with E-state index < -0.39 is 12.2 Å². The van der Waals surface area contributed by atoms with Crippen molar-refractivity contribution in [1.29, 1.82) is 0 Å². The van der Waals surface area contributed by atoms with Gasteiger partial charge in [0, 0.05) is 11.1 Å². The number of rotatable bonds is 1. The van der Waals surface area contributed by atoms with Crippen LogP contribution in [0, 0.1) is 0 Å². The molecule has 0 amide bonds. The van der Waals surface area contributed by atoms with E-state index in [1.54, 1.807) is 24.3 Å². The fourth-order valence-electron chi connectivity index (χ4n) is 1.98. The third-order valence-corrected chi connectivity index (χ3v) is 2.79. The van der Waals surface area contributed by atoms with Gasteiger partial charge in [0.25, 0.3) is 5.56 Å². The molecule has 2 N–H and O–H groups in total. The third kappa shape index (κ3) is 1.26. The van der Waals surface area contributed by atoms with Crippen molar-refractivity contribution in [2.45, 2.75) is 6.61 Å². The molecular formula is C12H8N2O3. The summed E-state index contributed by atoms with van der Waals surface area (Å²) in [6.45, 7) is -0.480. The van der Waals surface area contributed by atoms with Crippen LogP contribution in [-0.4, -0.2) is 20.9 Å². The van der Waals surface area contributed by atoms with Crippen LogP contribution in [-0.2, 0) is 6.61 Å². The Labute approximate surface area is 95.8 Å². The van der Waals surface area contributed by atoms with E-state index in [-0.39, 0.29) is 17.2 Å². The predicted octanol–water partition coefficient (Wildman–Crippen LogP) is 0.474. The molecule has 0 fully saturated rings. The lowest BCUT2D eigenvalue weighted by molar-refractivity contribution is 0.103. The van der Waals surface area contributed by atoms with E-state index in [0.29, 0.717) is 16.8 Å². The van der Waals surface area contributed by atoms with Gasteiger partial charge in [0.05, 0.1) is 12.3 Å². The van der Waals surface area contributed by atoms with Gasteiger partial charge < -0.3 is 10.1 Å². The number of nitrogens with zero attached hydrogens (tertiary/aromatic N) is 1. The molecule has 0 saturated heterocycles. The van der Waals surface area contributed by atoms with Crippen LogP contribution in [0.25, 0.3) is 11.3 Å². The molecule has 1 heterocycles. The van der Waals surface area contributed by atoms with Crippen molar-refractivity contribution < 1.29 is 9.90 Å². The molecule has 0 unspecified atom stereocenters. The number of ketones is 1. The Hall–Kier alpha value is -2.27. The number of aliphatic hydroxyl groups is 1. The van der Waals surface area contributed by atoms with Crippen molar-refractivity contribution in [3.63, 3.8) is 0 Å². The molecule has 5 nitrogen and oxygen atoms in total. The first-order chi connectivity index (χ1) is 8.22. The van der Waals surface area contributed by atoms with Crippen LogP contribution in [0.3, 0.4) is 0 Å². The Morgan fingerprint density at radius 2 is 1.88 bits per heavy atom. The number of aromatic nitrogens is 2. The molecule has 0 atom stereocenters. The Morgan fingerprint density at radius 1 is 1.18 bits per heavy atom. The molecule has 1 aromatic carbocycles. The number of aromatic amines is 1. The van der Waals surface area contributed by atoms with Crippen molar-refractivity contribution in [3.05, 3.63) is 51.6 Å². The van der Waals surface area contributed by atoms with Crippen molar-refractivity contribution in [3.8, 4) is 11.3 Å². The van der Waals surface area contributed by atoms with Gasteiger partial charge in [-0.2, -0.15) is 0 Å². The Morgan fingerprint density at radius 3 is 2.59 bits per heavy atom. The van der Waals surface area contributed by atoms with Gasteiger partial charge in [-0.1, -0.05) is 24.3 Å². The summed E-state index contributed by atoms with van der Waals surface area (Å²) in [5, 5.41) is 8.96. The maximum atomic E-state index is 12.0. The van der Waals surface area contributed by atoms with E-state index in [2.05, 4.69) is 9.97 Å². The molecule has 17 heavy (non-hydrogen) atoms. The number of fused-ring (bicyclic) bond motifs is 3. The minimum absolute atomic E-state index is 0.0371. The summed E-state index contributed by atoms with van der Waals surface area (Å²) in [7, 11) is 0. The molecule has 3 rings (SSSR count). The first-order valence-corrected chi connectivity index (χ1v) is 5.10. The average molecular weight is 228 g/mol. The van der Waals surface area contributed by atoms with Gasteiger partial charge in [-0.25, -0.2) is 4.98 Å². The number of benzene rings is 1. The standard InChI is InChI=1S/C12H8N2O3/c15-5-8-12(17)14-9-6-3-1-2-4-7(6)11(16)10(9)13-8/h1-4,15H,5H2,(H,14,17). The fraction of sp³-hybridized carbons (Fsp3) is 0.0833. The zero-order chi connectivity index (χ0) is 12.0. The fourth-order valence-corrected chi connectivity index (χ4v) is 1.98. The van der Waals surface area contributed by atoms with E-state index in [9.17, 15) is 9.59 Å². The van der Waals surface area contributed by atoms with Gasteiger partial charge in [-0.15, -0.1) is 0 Å². The van der Waals surface area contributed by atoms with Crippen molar-refractivity contribution >= 4 is 5.78 Å². The largest absolute Gasteiger partial charge is 0.390 e. The van der Waals surface area contributed by atoms with E-state index in [4.69, 9.17) is 5.11 Å². The lowest BCUT2D eigenvalue weighted by Gasteiger charge is -2.00. The van der Waals surface area contributed by atoms with Gasteiger partial charge in [-0.05, 0) is 0 Å². The van der Waals surface area contributed by atoms with Gasteiger partial charge >= 0.3 is 0 Å². The van der Waals surface area contributed by atoms with Crippen LogP contribution < -0.4 is 5.56 Å². The number of carbonyl (C=O) groups excluding carboxylic acids is 1. The smallest absolute Gasteiger partial charge is 0.272 e. The lowest BCUT2D eigenvalue weighted by atomic mass is 10.1. The van der Waals surface area contributed by atoms with E-state index in [1.165, 1.54) is 0 Å². The first-order valence-electron chi connectivity index (χ1n) is 5.10. The normalized spacial score (nSPS) is 12.4. The maximum absolute atomic E-state index is 12.0. The highest BCUT2D eigenvalue weighted by Gasteiger charge is 2.29. The molecule has 1 aliphatic rings. The van der Waals surface area contributed by atoms with Crippen LogP contribution in [0.1, 0.15) is 21.7 Å². The molecule has 1 aromatic heterocycles. The lowest BCUT2D eigenvalue weighted by Crippen LogP contribution is -2.18. The van der Waals surface area contributed by atoms with Crippen LogP contribution in [0.2, 0.25) is 0 Å². The SMILES string of the molecule is O=C1c2ccccc2-c2[nH]c(=O)c(CO)nc21. The van der Waals surface area contributed by atoms with Gasteiger partial charge in [0.15, 0.2) is 0 Å². The summed E-state index contributed by atoms with van der Waals surface area (Å²) in [5.41, 5.74) is 1.35. The number of aliphatic hydroxyl groups excluding tert-OH is 1. The summed E-state index contributed by atoms with van der Waals surface area (Å²) in [6.07, 6.45) is 0.